The second kappa shape index (κ2) is 9.47. The van der Waals surface area contributed by atoms with Crippen molar-refractivity contribution in [3.63, 3.8) is 0 Å². The predicted molar refractivity (Wildman–Crippen MR) is 106 cm³/mol. The maximum Gasteiger partial charge on any atom is 0.191 e. The SMILES string of the molecule is CCNC(=NCC1CCCO1)NCC1CCc2ccccc21.I. The van der Waals surface area contributed by atoms with Gasteiger partial charge in [0.2, 0.25) is 0 Å². The molecule has 2 unspecified atom stereocenters. The number of hydrogen-bond donors (Lipinski definition) is 2. The molecule has 0 saturated carbocycles. The van der Waals surface area contributed by atoms with E-state index in [4.69, 9.17) is 4.74 Å². The Hall–Kier alpha value is -0.820. The first-order valence-electron chi connectivity index (χ1n) is 8.58. The fraction of sp³-hybridized carbons (Fsp3) is 0.611. The first-order chi connectivity index (χ1) is 10.9. The fourth-order valence-corrected chi connectivity index (χ4v) is 3.40. The molecule has 0 bridgehead atoms. The predicted octanol–water partition coefficient (Wildman–Crippen LogP) is 3.07. The first-order valence-corrected chi connectivity index (χ1v) is 8.58. The molecule has 2 aliphatic rings. The Morgan fingerprint density at radius 2 is 2.13 bits per heavy atom. The Balaban J connectivity index is 0.00000192. The molecule has 1 fully saturated rings. The van der Waals surface area contributed by atoms with Crippen molar-refractivity contribution in [3.8, 4) is 0 Å². The molecule has 0 radical (unpaired) electrons. The van der Waals surface area contributed by atoms with Crippen LogP contribution in [0.1, 0.15) is 43.2 Å². The third kappa shape index (κ3) is 5.08. The summed E-state index contributed by atoms with van der Waals surface area (Å²) in [6, 6.07) is 8.81. The molecule has 3 rings (SSSR count). The van der Waals surface area contributed by atoms with Crippen molar-refractivity contribution in [2.24, 2.45) is 4.99 Å². The lowest BCUT2D eigenvalue weighted by atomic mass is 10.0. The topological polar surface area (TPSA) is 45.7 Å². The summed E-state index contributed by atoms with van der Waals surface area (Å²) < 4.78 is 5.64. The van der Waals surface area contributed by atoms with E-state index in [1.807, 2.05) is 0 Å². The summed E-state index contributed by atoms with van der Waals surface area (Å²) in [6.45, 7) is 5.60. The highest BCUT2D eigenvalue weighted by molar-refractivity contribution is 14.0. The molecule has 128 valence electrons. The molecule has 0 spiro atoms. The van der Waals surface area contributed by atoms with Crippen molar-refractivity contribution >= 4 is 29.9 Å². The number of halogens is 1. The highest BCUT2D eigenvalue weighted by Gasteiger charge is 2.22. The molecule has 1 saturated heterocycles. The second-order valence-electron chi connectivity index (χ2n) is 6.17. The van der Waals surface area contributed by atoms with Crippen LogP contribution < -0.4 is 10.6 Å². The molecule has 1 aromatic rings. The number of nitrogens with one attached hydrogen (secondary N) is 2. The number of nitrogens with zero attached hydrogens (tertiary/aromatic N) is 1. The normalized spacial score (nSPS) is 23.3. The first kappa shape index (κ1) is 18.5. The van der Waals surface area contributed by atoms with E-state index in [1.165, 1.54) is 30.4 Å². The van der Waals surface area contributed by atoms with Gasteiger partial charge < -0.3 is 15.4 Å². The van der Waals surface area contributed by atoms with E-state index in [1.54, 1.807) is 0 Å². The van der Waals surface area contributed by atoms with E-state index >= 15 is 0 Å². The number of guanidine groups is 1. The van der Waals surface area contributed by atoms with Gasteiger partial charge in [0.25, 0.3) is 0 Å². The summed E-state index contributed by atoms with van der Waals surface area (Å²) in [6.07, 6.45) is 5.05. The van der Waals surface area contributed by atoms with Crippen LogP contribution in [0.15, 0.2) is 29.3 Å². The number of aliphatic imine (C=N–C) groups is 1. The molecule has 4 nitrogen and oxygen atoms in total. The Kier molecular flexibility index (Phi) is 7.62. The molecule has 23 heavy (non-hydrogen) atoms. The van der Waals surface area contributed by atoms with Crippen LogP contribution in [0, 0.1) is 0 Å². The van der Waals surface area contributed by atoms with Crippen molar-refractivity contribution < 1.29 is 4.74 Å². The standard InChI is InChI=1S/C18H27N3O.HI/c1-2-19-18(21-13-16-7-5-11-22-16)20-12-15-10-9-14-6-3-4-8-17(14)15;/h3-4,6,8,15-16H,2,5,7,9-13H2,1H3,(H2,19,20,21);1H. The van der Waals surface area contributed by atoms with Crippen molar-refractivity contribution in [1.29, 1.82) is 0 Å². The van der Waals surface area contributed by atoms with E-state index in [-0.39, 0.29) is 24.0 Å². The lowest BCUT2D eigenvalue weighted by Gasteiger charge is -2.17. The quantitative estimate of drug-likeness (QED) is 0.430. The number of benzene rings is 1. The summed E-state index contributed by atoms with van der Waals surface area (Å²) in [5.41, 5.74) is 3.01. The van der Waals surface area contributed by atoms with Gasteiger partial charge in [-0.3, -0.25) is 4.99 Å². The van der Waals surface area contributed by atoms with Crippen LogP contribution in [0.3, 0.4) is 0 Å². The highest BCUT2D eigenvalue weighted by atomic mass is 127. The monoisotopic (exact) mass is 429 g/mol. The van der Waals surface area contributed by atoms with E-state index in [9.17, 15) is 0 Å². The van der Waals surface area contributed by atoms with E-state index in [0.29, 0.717) is 12.0 Å². The van der Waals surface area contributed by atoms with Gasteiger partial charge in [-0.2, -0.15) is 0 Å². The summed E-state index contributed by atoms with van der Waals surface area (Å²) in [5, 5.41) is 6.85. The average molecular weight is 429 g/mol. The van der Waals surface area contributed by atoms with Crippen LogP contribution in [0.25, 0.3) is 0 Å². The molecule has 2 N–H and O–H groups in total. The Labute approximate surface area is 156 Å². The Bertz CT molecular complexity index is 515. The van der Waals surface area contributed by atoms with Crippen LogP contribution in [-0.4, -0.2) is 38.3 Å². The minimum atomic E-state index is 0. The lowest BCUT2D eigenvalue weighted by molar-refractivity contribution is 0.117. The van der Waals surface area contributed by atoms with Crippen molar-refractivity contribution in [1.82, 2.24) is 10.6 Å². The molecular formula is C18H28IN3O. The zero-order chi connectivity index (χ0) is 15.2. The van der Waals surface area contributed by atoms with E-state index < -0.39 is 0 Å². The minimum Gasteiger partial charge on any atom is -0.376 e. The average Bonchev–Trinajstić information content (AvgIpc) is 3.20. The number of rotatable bonds is 5. The molecule has 1 aliphatic heterocycles. The number of aryl methyl sites for hydroxylation is 1. The minimum absolute atomic E-state index is 0. The molecule has 2 atom stereocenters. The zero-order valence-corrected chi connectivity index (χ0v) is 16.2. The van der Waals surface area contributed by atoms with Gasteiger partial charge in [0.15, 0.2) is 5.96 Å². The zero-order valence-electron chi connectivity index (χ0n) is 13.9. The highest BCUT2D eigenvalue weighted by Crippen LogP contribution is 2.32. The summed E-state index contributed by atoms with van der Waals surface area (Å²) in [4.78, 5) is 4.68. The van der Waals surface area contributed by atoms with Crippen LogP contribution in [0.4, 0.5) is 0 Å². The van der Waals surface area contributed by atoms with Crippen LogP contribution >= 0.6 is 24.0 Å². The van der Waals surface area contributed by atoms with Gasteiger partial charge in [-0.15, -0.1) is 24.0 Å². The van der Waals surface area contributed by atoms with Crippen molar-refractivity contribution in [2.75, 3.05) is 26.2 Å². The molecule has 0 aromatic heterocycles. The van der Waals surface area contributed by atoms with Gasteiger partial charge in [0.05, 0.1) is 12.6 Å². The van der Waals surface area contributed by atoms with Gasteiger partial charge >= 0.3 is 0 Å². The maximum atomic E-state index is 5.64. The summed E-state index contributed by atoms with van der Waals surface area (Å²) in [7, 11) is 0. The Morgan fingerprint density at radius 1 is 1.26 bits per heavy atom. The maximum absolute atomic E-state index is 5.64. The number of hydrogen-bond acceptors (Lipinski definition) is 2. The summed E-state index contributed by atoms with van der Waals surface area (Å²) >= 11 is 0. The fourth-order valence-electron chi connectivity index (χ4n) is 3.40. The van der Waals surface area contributed by atoms with Gasteiger partial charge in [-0.1, -0.05) is 24.3 Å². The van der Waals surface area contributed by atoms with Gasteiger partial charge in [0, 0.05) is 25.6 Å². The number of fused-ring (bicyclic) bond motifs is 1. The second-order valence-corrected chi connectivity index (χ2v) is 6.17. The van der Waals surface area contributed by atoms with E-state index in [2.05, 4.69) is 46.8 Å². The van der Waals surface area contributed by atoms with Crippen molar-refractivity contribution in [3.05, 3.63) is 35.4 Å². The third-order valence-corrected chi connectivity index (χ3v) is 4.59. The smallest absolute Gasteiger partial charge is 0.191 e. The van der Waals surface area contributed by atoms with E-state index in [0.717, 1.165) is 38.6 Å². The van der Waals surface area contributed by atoms with Gasteiger partial charge in [0.1, 0.15) is 0 Å². The van der Waals surface area contributed by atoms with Gasteiger partial charge in [-0.05, 0) is 43.7 Å². The molecule has 1 heterocycles. The molecule has 0 amide bonds. The van der Waals surface area contributed by atoms with Gasteiger partial charge in [-0.25, -0.2) is 0 Å². The lowest BCUT2D eigenvalue weighted by Crippen LogP contribution is -2.39. The molecular weight excluding hydrogens is 401 g/mol. The molecule has 1 aliphatic carbocycles. The third-order valence-electron chi connectivity index (χ3n) is 4.59. The molecule has 1 aromatic carbocycles. The summed E-state index contributed by atoms with van der Waals surface area (Å²) in [5.74, 6) is 1.52. The van der Waals surface area contributed by atoms with Crippen LogP contribution in [-0.2, 0) is 11.2 Å². The Morgan fingerprint density at radius 3 is 2.91 bits per heavy atom. The number of ether oxygens (including phenoxy) is 1. The molecule has 5 heteroatoms. The van der Waals surface area contributed by atoms with Crippen LogP contribution in [0.5, 0.6) is 0 Å². The van der Waals surface area contributed by atoms with Crippen LogP contribution in [0.2, 0.25) is 0 Å². The largest absolute Gasteiger partial charge is 0.376 e. The van der Waals surface area contributed by atoms with Crippen molar-refractivity contribution in [2.45, 2.75) is 44.6 Å².